The van der Waals surface area contributed by atoms with Crippen LogP contribution in [-0.4, -0.2) is 36.5 Å². The van der Waals surface area contributed by atoms with E-state index >= 15 is 0 Å². The van der Waals surface area contributed by atoms with Gasteiger partial charge >= 0.3 is 6.18 Å². The minimum atomic E-state index is -4.17. The van der Waals surface area contributed by atoms with Crippen LogP contribution in [0.25, 0.3) is 0 Å². The van der Waals surface area contributed by atoms with Crippen LogP contribution >= 0.6 is 0 Å². The second-order valence-corrected chi connectivity index (χ2v) is 4.76. The van der Waals surface area contributed by atoms with Crippen molar-refractivity contribution in [2.45, 2.75) is 45.2 Å². The van der Waals surface area contributed by atoms with Gasteiger partial charge in [-0.2, -0.15) is 13.2 Å². The van der Waals surface area contributed by atoms with Crippen LogP contribution in [0.4, 0.5) is 13.2 Å². The molecule has 100 valence electrons. The lowest BCUT2D eigenvalue weighted by molar-refractivity contribution is -0.149. The van der Waals surface area contributed by atoms with E-state index in [1.54, 1.807) is 0 Å². The Morgan fingerprint density at radius 1 is 1.35 bits per heavy atom. The highest BCUT2D eigenvalue weighted by atomic mass is 19.4. The van der Waals surface area contributed by atoms with Crippen LogP contribution < -0.4 is 0 Å². The molecule has 0 heterocycles. The summed E-state index contributed by atoms with van der Waals surface area (Å²) < 4.78 is 37.1. The first kappa shape index (κ1) is 14.5. The molecular formula is C12H20F3NO. The average molecular weight is 251 g/mol. The van der Waals surface area contributed by atoms with Crippen LogP contribution in [0.15, 0.2) is 0 Å². The maximum Gasteiger partial charge on any atom is 0.401 e. The number of rotatable bonds is 5. The summed E-state index contributed by atoms with van der Waals surface area (Å²) in [6.45, 7) is 1.63. The van der Waals surface area contributed by atoms with Gasteiger partial charge in [0.2, 0.25) is 0 Å². The zero-order valence-corrected chi connectivity index (χ0v) is 10.2. The molecule has 2 nitrogen and oxygen atoms in total. The standard InChI is InChI=1S/C12H20F3NO/c1-2-7-16(9-12(13,14)15)8-10-5-3-4-6-11(10)17/h10H,2-9H2,1H3. The van der Waals surface area contributed by atoms with Gasteiger partial charge in [-0.25, -0.2) is 0 Å². The third-order valence-corrected chi connectivity index (χ3v) is 3.10. The van der Waals surface area contributed by atoms with Gasteiger partial charge in [-0.1, -0.05) is 13.3 Å². The van der Waals surface area contributed by atoms with Crippen LogP contribution in [0.5, 0.6) is 0 Å². The van der Waals surface area contributed by atoms with E-state index in [0.717, 1.165) is 19.3 Å². The Hall–Kier alpha value is -0.580. The first-order chi connectivity index (χ1) is 7.92. The van der Waals surface area contributed by atoms with E-state index in [1.165, 1.54) is 4.90 Å². The maximum absolute atomic E-state index is 12.4. The highest BCUT2D eigenvalue weighted by molar-refractivity contribution is 5.81. The van der Waals surface area contributed by atoms with E-state index in [2.05, 4.69) is 0 Å². The topological polar surface area (TPSA) is 20.3 Å². The first-order valence-electron chi connectivity index (χ1n) is 6.24. The second-order valence-electron chi connectivity index (χ2n) is 4.76. The second kappa shape index (κ2) is 6.38. The largest absolute Gasteiger partial charge is 0.401 e. The summed E-state index contributed by atoms with van der Waals surface area (Å²) in [7, 11) is 0. The van der Waals surface area contributed by atoms with Crippen molar-refractivity contribution in [3.63, 3.8) is 0 Å². The molecule has 0 spiro atoms. The highest BCUT2D eigenvalue weighted by Crippen LogP contribution is 2.23. The van der Waals surface area contributed by atoms with Gasteiger partial charge in [0.25, 0.3) is 0 Å². The Balaban J connectivity index is 2.50. The molecule has 5 heteroatoms. The Morgan fingerprint density at radius 3 is 2.59 bits per heavy atom. The number of carbonyl (C=O) groups excluding carboxylic acids is 1. The van der Waals surface area contributed by atoms with Crippen molar-refractivity contribution in [2.75, 3.05) is 19.6 Å². The molecule has 0 aromatic carbocycles. The van der Waals surface area contributed by atoms with E-state index in [4.69, 9.17) is 0 Å². The number of alkyl halides is 3. The maximum atomic E-state index is 12.4. The van der Waals surface area contributed by atoms with Gasteiger partial charge in [0.05, 0.1) is 6.54 Å². The molecule has 0 aliphatic heterocycles. The highest BCUT2D eigenvalue weighted by Gasteiger charge is 2.32. The lowest BCUT2D eigenvalue weighted by Crippen LogP contribution is -2.40. The normalized spacial score (nSPS) is 22.2. The number of hydrogen-bond acceptors (Lipinski definition) is 2. The summed E-state index contributed by atoms with van der Waals surface area (Å²) in [5.74, 6) is -0.0443. The van der Waals surface area contributed by atoms with Crippen LogP contribution in [0, 0.1) is 5.92 Å². The van der Waals surface area contributed by atoms with Gasteiger partial charge in [0.15, 0.2) is 0 Å². The molecule has 0 aromatic heterocycles. The van der Waals surface area contributed by atoms with E-state index in [-0.39, 0.29) is 18.2 Å². The van der Waals surface area contributed by atoms with E-state index in [9.17, 15) is 18.0 Å². The summed E-state index contributed by atoms with van der Waals surface area (Å²) >= 11 is 0. The number of hydrogen-bond donors (Lipinski definition) is 0. The zero-order valence-electron chi connectivity index (χ0n) is 10.2. The fourth-order valence-corrected chi connectivity index (χ4v) is 2.36. The lowest BCUT2D eigenvalue weighted by Gasteiger charge is -2.29. The number of halogens is 3. The third-order valence-electron chi connectivity index (χ3n) is 3.10. The van der Waals surface area contributed by atoms with Crippen LogP contribution in [-0.2, 0) is 4.79 Å². The molecule has 0 radical (unpaired) electrons. The van der Waals surface area contributed by atoms with Crippen molar-refractivity contribution in [3.05, 3.63) is 0 Å². The van der Waals surface area contributed by atoms with Gasteiger partial charge in [0, 0.05) is 18.9 Å². The molecule has 1 saturated carbocycles. The molecule has 1 unspecified atom stereocenters. The lowest BCUT2D eigenvalue weighted by atomic mass is 9.87. The number of carbonyl (C=O) groups is 1. The molecule has 1 atom stereocenters. The molecular weight excluding hydrogens is 231 g/mol. The molecule has 1 aliphatic carbocycles. The first-order valence-corrected chi connectivity index (χ1v) is 6.24. The van der Waals surface area contributed by atoms with Crippen molar-refractivity contribution in [1.82, 2.24) is 4.90 Å². The molecule has 0 amide bonds. The van der Waals surface area contributed by atoms with Crippen molar-refractivity contribution < 1.29 is 18.0 Å². The minimum absolute atomic E-state index is 0.138. The van der Waals surface area contributed by atoms with Crippen molar-refractivity contribution >= 4 is 5.78 Å². The molecule has 0 N–H and O–H groups in total. The molecule has 1 aliphatic rings. The SMILES string of the molecule is CCCN(CC1CCCCC1=O)CC(F)(F)F. The van der Waals surface area contributed by atoms with Gasteiger partial charge in [-0.3, -0.25) is 9.69 Å². The average Bonchev–Trinajstić information content (AvgIpc) is 2.19. The molecule has 0 saturated heterocycles. The molecule has 0 aromatic rings. The van der Waals surface area contributed by atoms with E-state index in [1.807, 2.05) is 6.92 Å². The Morgan fingerprint density at radius 2 is 2.06 bits per heavy atom. The summed E-state index contributed by atoms with van der Waals surface area (Å²) in [4.78, 5) is 13.0. The fourth-order valence-electron chi connectivity index (χ4n) is 2.36. The summed E-state index contributed by atoms with van der Waals surface area (Å²) in [6, 6.07) is 0. The molecule has 1 rings (SSSR count). The van der Waals surface area contributed by atoms with Crippen molar-refractivity contribution in [2.24, 2.45) is 5.92 Å². The summed E-state index contributed by atoms with van der Waals surface area (Å²) in [5, 5.41) is 0. The summed E-state index contributed by atoms with van der Waals surface area (Å²) in [6.07, 6.45) is -0.359. The Bertz CT molecular complexity index is 253. The Kier molecular flexibility index (Phi) is 5.43. The molecule has 0 bridgehead atoms. The third kappa shape index (κ3) is 5.52. The quantitative estimate of drug-likeness (QED) is 0.748. The van der Waals surface area contributed by atoms with E-state index < -0.39 is 12.7 Å². The summed E-state index contributed by atoms with van der Waals surface area (Å²) in [5.41, 5.74) is 0. The van der Waals surface area contributed by atoms with Gasteiger partial charge in [0.1, 0.15) is 5.78 Å². The minimum Gasteiger partial charge on any atom is -0.299 e. The number of nitrogens with zero attached hydrogens (tertiary/aromatic N) is 1. The van der Waals surface area contributed by atoms with Gasteiger partial charge in [-0.05, 0) is 25.8 Å². The van der Waals surface area contributed by atoms with Crippen LogP contribution in [0.2, 0.25) is 0 Å². The molecule has 1 fully saturated rings. The number of ketones is 1. The predicted octanol–water partition coefficient (Wildman–Crippen LogP) is 3.02. The fraction of sp³-hybridized carbons (Fsp3) is 0.917. The van der Waals surface area contributed by atoms with Gasteiger partial charge < -0.3 is 0 Å². The van der Waals surface area contributed by atoms with Crippen molar-refractivity contribution in [1.29, 1.82) is 0 Å². The van der Waals surface area contributed by atoms with Crippen LogP contribution in [0.1, 0.15) is 39.0 Å². The Labute approximate surface area is 100 Å². The van der Waals surface area contributed by atoms with Crippen LogP contribution in [0.3, 0.4) is 0 Å². The van der Waals surface area contributed by atoms with Crippen molar-refractivity contribution in [3.8, 4) is 0 Å². The predicted molar refractivity (Wildman–Crippen MR) is 59.8 cm³/mol. The zero-order chi connectivity index (χ0) is 12.9. The smallest absolute Gasteiger partial charge is 0.299 e. The van der Waals surface area contributed by atoms with Gasteiger partial charge in [-0.15, -0.1) is 0 Å². The molecule has 17 heavy (non-hydrogen) atoms. The number of Topliss-reactive ketones (excluding diaryl/α,β-unsaturated/α-hetero) is 1. The van der Waals surface area contributed by atoms with E-state index in [0.29, 0.717) is 19.4 Å². The monoisotopic (exact) mass is 251 g/mol.